The Hall–Kier alpha value is -4.85. The molecule has 0 unspecified atom stereocenters. The minimum absolute atomic E-state index is 0.0472. The van der Waals surface area contributed by atoms with Gasteiger partial charge in [0.15, 0.2) is 0 Å². The molecule has 2 atom stereocenters. The molecule has 14 heteroatoms. The summed E-state index contributed by atoms with van der Waals surface area (Å²) in [6.45, 7) is -0.348. The number of aliphatic hydroxyl groups excluding tert-OH is 1. The third kappa shape index (κ3) is 5.87. The number of hydrogen-bond acceptors (Lipinski definition) is 10. The number of likely N-dealkylation sites (tertiary alicyclic amines) is 1. The minimum Gasteiger partial charge on any atom is -0.445 e. The van der Waals surface area contributed by atoms with Gasteiger partial charge >= 0.3 is 12.2 Å². The fourth-order valence-corrected chi connectivity index (χ4v) is 3.85. The van der Waals surface area contributed by atoms with Crippen LogP contribution in [0.4, 0.5) is 21.0 Å². The van der Waals surface area contributed by atoms with Crippen LogP contribution in [0.3, 0.4) is 0 Å². The predicted molar refractivity (Wildman–Crippen MR) is 124 cm³/mol. The maximum atomic E-state index is 12.8. The molecule has 14 nitrogen and oxygen atoms in total. The number of carbonyl (C=O) groups excluding carboxylic acids is 2. The van der Waals surface area contributed by atoms with E-state index >= 15 is 0 Å². The molecule has 1 N–H and O–H groups in total. The molecule has 37 heavy (non-hydrogen) atoms. The molecule has 1 aliphatic heterocycles. The third-order valence-corrected chi connectivity index (χ3v) is 5.70. The topological polar surface area (TPSA) is 180 Å². The molecule has 0 aliphatic carbocycles. The summed E-state index contributed by atoms with van der Waals surface area (Å²) in [4.78, 5) is 51.4. The zero-order valence-corrected chi connectivity index (χ0v) is 19.2. The van der Waals surface area contributed by atoms with E-state index in [0.717, 1.165) is 4.57 Å². The van der Waals surface area contributed by atoms with Gasteiger partial charge < -0.3 is 14.6 Å². The van der Waals surface area contributed by atoms with Gasteiger partial charge in [-0.1, -0.05) is 0 Å². The second kappa shape index (κ2) is 10.8. The SMILES string of the molecule is O=C(OCc1ccc([N+](=O)[O-])cc1)N1C[C@H](O)C[C@H]1c1nccn1C(=O)OCc1ccc([N+](=O)[O-])cc1. The third-order valence-electron chi connectivity index (χ3n) is 5.70. The Morgan fingerprint density at radius 2 is 1.43 bits per heavy atom. The maximum Gasteiger partial charge on any atom is 0.419 e. The Labute approximate surface area is 209 Å². The van der Waals surface area contributed by atoms with Crippen molar-refractivity contribution in [1.82, 2.24) is 14.5 Å². The second-order valence-electron chi connectivity index (χ2n) is 8.17. The largest absolute Gasteiger partial charge is 0.445 e. The lowest BCUT2D eigenvalue weighted by atomic mass is 10.2. The lowest BCUT2D eigenvalue weighted by Gasteiger charge is -2.23. The van der Waals surface area contributed by atoms with Crippen LogP contribution in [0.2, 0.25) is 0 Å². The van der Waals surface area contributed by atoms with Crippen molar-refractivity contribution < 1.29 is 34.0 Å². The van der Waals surface area contributed by atoms with Crippen LogP contribution in [0.5, 0.6) is 0 Å². The average molecular weight is 511 g/mol. The van der Waals surface area contributed by atoms with E-state index in [-0.39, 0.29) is 43.4 Å². The predicted octanol–water partition coefficient (Wildman–Crippen LogP) is 3.33. The van der Waals surface area contributed by atoms with Crippen molar-refractivity contribution in [2.45, 2.75) is 31.8 Å². The number of amides is 1. The number of benzene rings is 2. The number of nitro benzene ring substituents is 2. The van der Waals surface area contributed by atoms with Gasteiger partial charge in [0.05, 0.1) is 28.5 Å². The molecular weight excluding hydrogens is 490 g/mol. The first kappa shape index (κ1) is 25.2. The number of non-ortho nitro benzene ring substituents is 2. The molecule has 0 saturated carbocycles. The van der Waals surface area contributed by atoms with Gasteiger partial charge in [-0.3, -0.25) is 25.1 Å². The molecule has 4 rings (SSSR count). The molecule has 192 valence electrons. The normalized spacial score (nSPS) is 16.8. The molecule has 1 aliphatic rings. The Kier molecular flexibility index (Phi) is 7.39. The first-order valence-corrected chi connectivity index (χ1v) is 11.0. The summed E-state index contributed by atoms with van der Waals surface area (Å²) < 4.78 is 11.7. The number of aromatic nitrogens is 2. The smallest absolute Gasteiger partial charge is 0.419 e. The van der Waals surface area contributed by atoms with Crippen LogP contribution in [0, 0.1) is 20.2 Å². The Morgan fingerprint density at radius 1 is 0.919 bits per heavy atom. The number of rotatable bonds is 7. The number of β-amino-alcohol motifs (C(OH)–C–C–N with tert-alkyl or cyclic N) is 1. The summed E-state index contributed by atoms with van der Waals surface area (Å²) in [6, 6.07) is 10.3. The van der Waals surface area contributed by atoms with E-state index in [4.69, 9.17) is 9.47 Å². The van der Waals surface area contributed by atoms with E-state index in [2.05, 4.69) is 4.98 Å². The van der Waals surface area contributed by atoms with E-state index in [1.165, 1.54) is 65.8 Å². The number of aliphatic hydroxyl groups is 1. The lowest BCUT2D eigenvalue weighted by molar-refractivity contribution is -0.385. The van der Waals surface area contributed by atoms with Gasteiger partial charge in [0.25, 0.3) is 11.4 Å². The van der Waals surface area contributed by atoms with E-state index in [1.807, 2.05) is 0 Å². The molecule has 1 fully saturated rings. The zero-order chi connectivity index (χ0) is 26.5. The Morgan fingerprint density at radius 3 is 1.95 bits per heavy atom. The first-order valence-electron chi connectivity index (χ1n) is 11.0. The van der Waals surface area contributed by atoms with Gasteiger partial charge in [-0.2, -0.15) is 0 Å². The molecule has 0 bridgehead atoms. The summed E-state index contributed by atoms with van der Waals surface area (Å²) in [5.74, 6) is 0.164. The van der Waals surface area contributed by atoms with Gasteiger partial charge in [0.2, 0.25) is 0 Å². The van der Waals surface area contributed by atoms with Gasteiger partial charge in [-0.25, -0.2) is 19.1 Å². The number of carbonyl (C=O) groups is 2. The van der Waals surface area contributed by atoms with Gasteiger partial charge in [0.1, 0.15) is 19.0 Å². The average Bonchev–Trinajstić information content (AvgIpc) is 3.53. The maximum absolute atomic E-state index is 12.8. The van der Waals surface area contributed by atoms with Gasteiger partial charge in [-0.15, -0.1) is 0 Å². The van der Waals surface area contributed by atoms with Crippen molar-refractivity contribution in [2.75, 3.05) is 6.54 Å². The van der Waals surface area contributed by atoms with Crippen LogP contribution >= 0.6 is 0 Å². The molecule has 1 saturated heterocycles. The quantitative estimate of drug-likeness (QED) is 0.365. The number of hydrogen-bond donors (Lipinski definition) is 1. The number of imidazole rings is 1. The molecule has 1 aromatic heterocycles. The molecular formula is C23H21N5O9. The van der Waals surface area contributed by atoms with E-state index in [1.54, 1.807) is 0 Å². The fraction of sp³-hybridized carbons (Fsp3) is 0.261. The molecule has 0 radical (unpaired) electrons. The van der Waals surface area contributed by atoms with Crippen molar-refractivity contribution in [3.05, 3.63) is 98.1 Å². The molecule has 1 amide bonds. The molecule has 2 aromatic carbocycles. The number of nitrogens with zero attached hydrogens (tertiary/aromatic N) is 5. The van der Waals surface area contributed by atoms with E-state index < -0.39 is 34.2 Å². The van der Waals surface area contributed by atoms with Crippen molar-refractivity contribution >= 4 is 23.6 Å². The second-order valence-corrected chi connectivity index (χ2v) is 8.17. The number of ether oxygens (including phenoxy) is 2. The highest BCUT2D eigenvalue weighted by atomic mass is 16.6. The summed E-state index contributed by atoms with van der Waals surface area (Å²) >= 11 is 0. The zero-order valence-electron chi connectivity index (χ0n) is 19.2. The van der Waals surface area contributed by atoms with Crippen molar-refractivity contribution in [2.24, 2.45) is 0 Å². The Balaban J connectivity index is 1.40. The van der Waals surface area contributed by atoms with Gasteiger partial charge in [-0.05, 0) is 35.4 Å². The van der Waals surface area contributed by atoms with Crippen LogP contribution in [0.1, 0.15) is 29.4 Å². The van der Waals surface area contributed by atoms with Crippen LogP contribution in [-0.4, -0.2) is 54.2 Å². The van der Waals surface area contributed by atoms with Crippen molar-refractivity contribution in [3.8, 4) is 0 Å². The van der Waals surface area contributed by atoms with Crippen molar-refractivity contribution in [3.63, 3.8) is 0 Å². The fourth-order valence-electron chi connectivity index (χ4n) is 3.85. The Bertz CT molecular complexity index is 1310. The first-order chi connectivity index (χ1) is 17.7. The highest BCUT2D eigenvalue weighted by molar-refractivity contribution is 5.72. The number of nitro groups is 2. The standard InChI is InChI=1S/C23H21N5O9/c29-19-11-20(26(12-19)23(31)37-14-16-3-7-18(8-4-16)28(34)35)21-24-9-10-25(21)22(30)36-13-15-1-5-17(6-2-15)27(32)33/h1-10,19-20,29H,11-14H2/t19-,20+/m1/s1. The molecule has 3 aromatic rings. The lowest BCUT2D eigenvalue weighted by Crippen LogP contribution is -2.34. The highest BCUT2D eigenvalue weighted by Gasteiger charge is 2.39. The van der Waals surface area contributed by atoms with Gasteiger partial charge in [0, 0.05) is 43.1 Å². The summed E-state index contributed by atoms with van der Waals surface area (Å²) in [5.41, 5.74) is 0.886. The summed E-state index contributed by atoms with van der Waals surface area (Å²) in [5, 5.41) is 31.8. The summed E-state index contributed by atoms with van der Waals surface area (Å²) in [6.07, 6.45) is 0.407. The van der Waals surface area contributed by atoms with Crippen LogP contribution < -0.4 is 0 Å². The summed E-state index contributed by atoms with van der Waals surface area (Å²) in [7, 11) is 0. The van der Waals surface area contributed by atoms with E-state index in [0.29, 0.717) is 11.1 Å². The van der Waals surface area contributed by atoms with Crippen LogP contribution in [0.25, 0.3) is 0 Å². The molecule has 2 heterocycles. The van der Waals surface area contributed by atoms with Crippen LogP contribution in [0.15, 0.2) is 60.9 Å². The van der Waals surface area contributed by atoms with Crippen molar-refractivity contribution in [1.29, 1.82) is 0 Å². The van der Waals surface area contributed by atoms with E-state index in [9.17, 15) is 34.9 Å². The van der Waals surface area contributed by atoms with Crippen LogP contribution in [-0.2, 0) is 22.7 Å². The molecule has 0 spiro atoms. The minimum atomic E-state index is -0.877. The monoisotopic (exact) mass is 511 g/mol. The highest BCUT2D eigenvalue weighted by Crippen LogP contribution is 2.32.